The molecular formula is C5H7NOS. The molecule has 0 aromatic heterocycles. The first kappa shape index (κ1) is 5.85. The van der Waals surface area contributed by atoms with E-state index in [1.165, 1.54) is 11.8 Å². The Morgan fingerprint density at radius 2 is 2.75 bits per heavy atom. The average molecular weight is 129 g/mol. The summed E-state index contributed by atoms with van der Waals surface area (Å²) in [4.78, 5) is 10.8. The van der Waals surface area contributed by atoms with Gasteiger partial charge in [0.2, 0.25) is 0 Å². The zero-order chi connectivity index (χ0) is 5.98. The minimum Gasteiger partial charge on any atom is -0.319 e. The van der Waals surface area contributed by atoms with Gasteiger partial charge in [0, 0.05) is 4.91 Å². The Labute approximate surface area is 52.1 Å². The molecule has 1 rings (SSSR count). The van der Waals surface area contributed by atoms with Gasteiger partial charge >= 0.3 is 0 Å². The summed E-state index contributed by atoms with van der Waals surface area (Å²) in [5, 5.41) is 0.121. The number of carbonyl (C=O) groups excluding carboxylic acids is 1. The summed E-state index contributed by atoms with van der Waals surface area (Å²) < 4.78 is 0. The number of nitrogens with two attached hydrogens (primary N) is 1. The second kappa shape index (κ2) is 2.33. The molecule has 1 aliphatic heterocycles. The average Bonchev–Trinajstić information content (AvgIpc) is 2.14. The Morgan fingerprint density at radius 3 is 3.00 bits per heavy atom. The van der Waals surface area contributed by atoms with Gasteiger partial charge in [-0.15, -0.1) is 11.8 Å². The van der Waals surface area contributed by atoms with Crippen LogP contribution in [-0.4, -0.2) is 11.7 Å². The van der Waals surface area contributed by atoms with E-state index in [1.807, 2.05) is 6.08 Å². The normalized spacial score (nSPS) is 27.6. The van der Waals surface area contributed by atoms with Crippen LogP contribution in [0.1, 0.15) is 6.42 Å². The van der Waals surface area contributed by atoms with E-state index in [-0.39, 0.29) is 5.37 Å². The zero-order valence-corrected chi connectivity index (χ0v) is 5.15. The fraction of sp³-hybridized carbons (Fsp3) is 0.400. The van der Waals surface area contributed by atoms with Gasteiger partial charge in [-0.1, -0.05) is 6.08 Å². The minimum atomic E-state index is 0.121. The highest BCUT2D eigenvalue weighted by Crippen LogP contribution is 2.26. The Hall–Kier alpha value is -0.280. The molecule has 1 atom stereocenters. The van der Waals surface area contributed by atoms with E-state index >= 15 is 0 Å². The molecule has 0 fully saturated rings. The third-order valence-electron chi connectivity index (χ3n) is 0.955. The summed E-state index contributed by atoms with van der Waals surface area (Å²) >= 11 is 1.44. The molecule has 44 valence electrons. The van der Waals surface area contributed by atoms with E-state index in [1.54, 1.807) is 0 Å². The Kier molecular flexibility index (Phi) is 1.70. The van der Waals surface area contributed by atoms with Gasteiger partial charge in [-0.05, 0) is 6.42 Å². The second-order valence-corrected chi connectivity index (χ2v) is 2.93. The second-order valence-electron chi connectivity index (χ2n) is 1.62. The largest absolute Gasteiger partial charge is 0.319 e. The van der Waals surface area contributed by atoms with Crippen LogP contribution in [0.2, 0.25) is 0 Å². The molecular weight excluding hydrogens is 122 g/mol. The fourth-order valence-electron chi connectivity index (χ4n) is 0.579. The maximum atomic E-state index is 10.0. The van der Waals surface area contributed by atoms with Gasteiger partial charge in [-0.3, -0.25) is 4.79 Å². The molecule has 0 radical (unpaired) electrons. The van der Waals surface area contributed by atoms with Crippen molar-refractivity contribution >= 4 is 18.0 Å². The molecule has 1 unspecified atom stereocenters. The molecule has 0 saturated carbocycles. The maximum absolute atomic E-state index is 10.0. The first-order chi connectivity index (χ1) is 3.83. The van der Waals surface area contributed by atoms with Crippen LogP contribution in [0.15, 0.2) is 11.0 Å². The molecule has 0 bridgehead atoms. The molecule has 0 spiro atoms. The Morgan fingerprint density at radius 1 is 2.00 bits per heavy atom. The molecule has 2 N–H and O–H groups in total. The SMILES string of the molecule is NC1CC=C(C=O)S1. The summed E-state index contributed by atoms with van der Waals surface area (Å²) in [6.45, 7) is 0. The lowest BCUT2D eigenvalue weighted by Gasteiger charge is -1.95. The lowest BCUT2D eigenvalue weighted by atomic mass is 10.4. The molecule has 0 aliphatic carbocycles. The monoisotopic (exact) mass is 129 g/mol. The van der Waals surface area contributed by atoms with Gasteiger partial charge in [-0.25, -0.2) is 0 Å². The van der Waals surface area contributed by atoms with Gasteiger partial charge in [0.1, 0.15) is 0 Å². The van der Waals surface area contributed by atoms with Crippen LogP contribution in [-0.2, 0) is 4.79 Å². The minimum absolute atomic E-state index is 0.121. The molecule has 1 aliphatic rings. The van der Waals surface area contributed by atoms with Gasteiger partial charge in [0.25, 0.3) is 0 Å². The van der Waals surface area contributed by atoms with Crippen molar-refractivity contribution in [3.8, 4) is 0 Å². The summed E-state index contributed by atoms with van der Waals surface area (Å²) in [6, 6.07) is 0. The van der Waals surface area contributed by atoms with Crippen molar-refractivity contribution < 1.29 is 4.79 Å². The van der Waals surface area contributed by atoms with E-state index in [0.717, 1.165) is 17.6 Å². The van der Waals surface area contributed by atoms with E-state index in [0.29, 0.717) is 0 Å². The van der Waals surface area contributed by atoms with Crippen molar-refractivity contribution in [2.45, 2.75) is 11.8 Å². The summed E-state index contributed by atoms with van der Waals surface area (Å²) in [5.41, 5.74) is 5.45. The fourth-order valence-corrected chi connectivity index (χ4v) is 1.37. The highest BCUT2D eigenvalue weighted by molar-refractivity contribution is 8.04. The quantitative estimate of drug-likeness (QED) is 0.524. The summed E-state index contributed by atoms with van der Waals surface area (Å²) in [6.07, 6.45) is 3.54. The number of aldehydes is 1. The molecule has 3 heteroatoms. The number of allylic oxidation sites excluding steroid dienone is 1. The van der Waals surface area contributed by atoms with Gasteiger partial charge in [-0.2, -0.15) is 0 Å². The number of carbonyl (C=O) groups is 1. The van der Waals surface area contributed by atoms with E-state index in [9.17, 15) is 4.79 Å². The third kappa shape index (κ3) is 1.11. The van der Waals surface area contributed by atoms with E-state index in [4.69, 9.17) is 5.73 Å². The van der Waals surface area contributed by atoms with Crippen molar-refractivity contribution in [2.24, 2.45) is 5.73 Å². The van der Waals surface area contributed by atoms with Crippen LogP contribution in [0.5, 0.6) is 0 Å². The van der Waals surface area contributed by atoms with Crippen LogP contribution in [0.4, 0.5) is 0 Å². The predicted octanol–water partition coefficient (Wildman–Crippen LogP) is 0.491. The van der Waals surface area contributed by atoms with Gasteiger partial charge in [0.15, 0.2) is 6.29 Å². The first-order valence-corrected chi connectivity index (χ1v) is 3.28. The smallest absolute Gasteiger partial charge is 0.156 e. The first-order valence-electron chi connectivity index (χ1n) is 2.40. The topological polar surface area (TPSA) is 43.1 Å². The molecule has 8 heavy (non-hydrogen) atoms. The van der Waals surface area contributed by atoms with Crippen LogP contribution in [0.25, 0.3) is 0 Å². The molecule has 0 aromatic rings. The lowest BCUT2D eigenvalue weighted by Crippen LogP contribution is -2.09. The molecule has 1 heterocycles. The van der Waals surface area contributed by atoms with E-state index < -0.39 is 0 Å². The number of hydrogen-bond acceptors (Lipinski definition) is 3. The van der Waals surface area contributed by atoms with Crippen molar-refractivity contribution in [3.63, 3.8) is 0 Å². The van der Waals surface area contributed by atoms with Crippen LogP contribution in [0.3, 0.4) is 0 Å². The van der Waals surface area contributed by atoms with Crippen LogP contribution in [0, 0.1) is 0 Å². The van der Waals surface area contributed by atoms with Gasteiger partial charge < -0.3 is 5.73 Å². The van der Waals surface area contributed by atoms with Crippen molar-refractivity contribution in [2.75, 3.05) is 0 Å². The number of rotatable bonds is 1. The number of hydrogen-bond donors (Lipinski definition) is 1. The Bertz CT molecular complexity index is 132. The molecule has 2 nitrogen and oxygen atoms in total. The van der Waals surface area contributed by atoms with Crippen LogP contribution >= 0.6 is 11.8 Å². The van der Waals surface area contributed by atoms with Crippen molar-refractivity contribution in [1.82, 2.24) is 0 Å². The van der Waals surface area contributed by atoms with Gasteiger partial charge in [0.05, 0.1) is 5.37 Å². The molecule has 0 saturated heterocycles. The zero-order valence-electron chi connectivity index (χ0n) is 4.33. The lowest BCUT2D eigenvalue weighted by molar-refractivity contribution is -0.104. The maximum Gasteiger partial charge on any atom is 0.156 e. The van der Waals surface area contributed by atoms with Crippen molar-refractivity contribution in [3.05, 3.63) is 11.0 Å². The predicted molar refractivity (Wildman–Crippen MR) is 34.3 cm³/mol. The molecule has 0 aromatic carbocycles. The highest BCUT2D eigenvalue weighted by atomic mass is 32.2. The number of thioether (sulfide) groups is 1. The Balaban J connectivity index is 2.49. The molecule has 0 amide bonds. The summed E-state index contributed by atoms with van der Waals surface area (Å²) in [7, 11) is 0. The standard InChI is InChI=1S/C5H7NOS/c6-5-2-1-4(3-7)8-5/h1,3,5H,2,6H2. The summed E-state index contributed by atoms with van der Waals surface area (Å²) in [5.74, 6) is 0. The van der Waals surface area contributed by atoms with Crippen LogP contribution < -0.4 is 5.73 Å². The van der Waals surface area contributed by atoms with Crippen molar-refractivity contribution in [1.29, 1.82) is 0 Å². The van der Waals surface area contributed by atoms with E-state index in [2.05, 4.69) is 0 Å². The highest BCUT2D eigenvalue weighted by Gasteiger charge is 2.11. The third-order valence-corrected chi connectivity index (χ3v) is 1.99.